The van der Waals surface area contributed by atoms with Crippen LogP contribution in [0.3, 0.4) is 0 Å². The summed E-state index contributed by atoms with van der Waals surface area (Å²) in [5, 5.41) is 0. The summed E-state index contributed by atoms with van der Waals surface area (Å²) in [6.07, 6.45) is 0.462. The maximum absolute atomic E-state index is 12.6. The first kappa shape index (κ1) is 17.1. The molecule has 0 unspecified atom stereocenters. The third kappa shape index (κ3) is 4.39. The second-order valence-electron chi connectivity index (χ2n) is 6.13. The van der Waals surface area contributed by atoms with Gasteiger partial charge in [0.25, 0.3) is 0 Å². The van der Waals surface area contributed by atoms with Crippen LogP contribution < -0.4 is 0 Å². The zero-order valence-corrected chi connectivity index (χ0v) is 13.3. The summed E-state index contributed by atoms with van der Waals surface area (Å²) < 4.78 is 37.7. The Labute approximate surface area is 129 Å². The van der Waals surface area contributed by atoms with Crippen LogP contribution in [0.25, 0.3) is 0 Å². The fourth-order valence-corrected chi connectivity index (χ4v) is 2.87. The molecule has 1 aliphatic rings. The van der Waals surface area contributed by atoms with Crippen LogP contribution >= 0.6 is 0 Å². The highest BCUT2D eigenvalue weighted by atomic mass is 19.4. The summed E-state index contributed by atoms with van der Waals surface area (Å²) in [5.74, 6) is -1.07. The average Bonchev–Trinajstić information content (AvgIpc) is 2.42. The van der Waals surface area contributed by atoms with Gasteiger partial charge in [-0.15, -0.1) is 0 Å². The normalized spacial score (nSPS) is 20.6. The minimum atomic E-state index is -4.49. The molecule has 1 aliphatic heterocycles. The Morgan fingerprint density at radius 3 is 2.68 bits per heavy atom. The fourth-order valence-electron chi connectivity index (χ4n) is 2.87. The van der Waals surface area contributed by atoms with E-state index in [4.69, 9.17) is 0 Å². The Morgan fingerprint density at radius 2 is 2.09 bits per heavy atom. The van der Waals surface area contributed by atoms with E-state index in [1.807, 2.05) is 7.05 Å². The van der Waals surface area contributed by atoms with Crippen LogP contribution in [-0.2, 0) is 12.7 Å². The summed E-state index contributed by atoms with van der Waals surface area (Å²) in [6, 6.07) is 0.509. The fraction of sp³-hybridized carbons (Fsp3) is 0.733. The predicted molar refractivity (Wildman–Crippen MR) is 78.4 cm³/mol. The van der Waals surface area contributed by atoms with Crippen molar-refractivity contribution in [2.45, 2.75) is 44.9 Å². The molecule has 0 bridgehead atoms. The van der Waals surface area contributed by atoms with Gasteiger partial charge in [0, 0.05) is 36.6 Å². The van der Waals surface area contributed by atoms with E-state index in [0.717, 1.165) is 18.7 Å². The highest BCUT2D eigenvalue weighted by molar-refractivity contribution is 5.16. The number of halogens is 3. The zero-order valence-electron chi connectivity index (χ0n) is 13.3. The molecule has 4 nitrogen and oxygen atoms in total. The number of alkyl halides is 3. The van der Waals surface area contributed by atoms with Gasteiger partial charge in [-0.25, -0.2) is 9.97 Å². The van der Waals surface area contributed by atoms with Crippen LogP contribution in [0.5, 0.6) is 0 Å². The number of hydrogen-bond acceptors (Lipinski definition) is 4. The monoisotopic (exact) mass is 316 g/mol. The van der Waals surface area contributed by atoms with Crippen molar-refractivity contribution in [2.75, 3.05) is 27.2 Å². The van der Waals surface area contributed by atoms with Crippen LogP contribution in [0, 0.1) is 6.92 Å². The van der Waals surface area contributed by atoms with Crippen LogP contribution in [0.2, 0.25) is 0 Å². The number of aromatic nitrogens is 2. The predicted octanol–water partition coefficient (Wildman–Crippen LogP) is 2.72. The quantitative estimate of drug-likeness (QED) is 0.855. The van der Waals surface area contributed by atoms with Crippen molar-refractivity contribution < 1.29 is 13.2 Å². The van der Waals surface area contributed by atoms with Crippen LogP contribution in [0.15, 0.2) is 6.20 Å². The van der Waals surface area contributed by atoms with Gasteiger partial charge in [-0.1, -0.05) is 6.42 Å². The molecule has 22 heavy (non-hydrogen) atoms. The molecule has 0 saturated carbocycles. The van der Waals surface area contributed by atoms with Gasteiger partial charge in [0.2, 0.25) is 5.82 Å². The van der Waals surface area contributed by atoms with E-state index < -0.39 is 12.0 Å². The average molecular weight is 316 g/mol. The van der Waals surface area contributed by atoms with Gasteiger partial charge >= 0.3 is 6.18 Å². The Bertz CT molecular complexity index is 504. The second-order valence-corrected chi connectivity index (χ2v) is 6.13. The van der Waals surface area contributed by atoms with Gasteiger partial charge in [0.1, 0.15) is 0 Å². The van der Waals surface area contributed by atoms with Gasteiger partial charge < -0.3 is 9.80 Å². The molecule has 1 saturated heterocycles. The molecule has 7 heteroatoms. The van der Waals surface area contributed by atoms with E-state index in [-0.39, 0.29) is 0 Å². The van der Waals surface area contributed by atoms with Crippen molar-refractivity contribution in [3.05, 3.63) is 23.3 Å². The van der Waals surface area contributed by atoms with Gasteiger partial charge in [0.15, 0.2) is 0 Å². The largest absolute Gasteiger partial charge is 0.451 e. The lowest BCUT2D eigenvalue weighted by Crippen LogP contribution is -2.43. The van der Waals surface area contributed by atoms with Crippen molar-refractivity contribution in [1.29, 1.82) is 0 Å². The third-order valence-electron chi connectivity index (χ3n) is 4.22. The van der Waals surface area contributed by atoms with Crippen molar-refractivity contribution in [3.8, 4) is 0 Å². The number of likely N-dealkylation sites (N-methyl/N-ethyl adjacent to an activating group) is 2. The molecule has 2 rings (SSSR count). The van der Waals surface area contributed by atoms with Crippen molar-refractivity contribution in [2.24, 2.45) is 0 Å². The van der Waals surface area contributed by atoms with Crippen LogP contribution in [-0.4, -0.2) is 53.0 Å². The molecular weight excluding hydrogens is 293 g/mol. The summed E-state index contributed by atoms with van der Waals surface area (Å²) in [7, 11) is 4.11. The Hall–Kier alpha value is -1.21. The first-order valence-corrected chi connectivity index (χ1v) is 7.56. The molecule has 0 aliphatic carbocycles. The number of nitrogens with zero attached hydrogens (tertiary/aromatic N) is 4. The minimum Gasteiger partial charge on any atom is -0.302 e. The Morgan fingerprint density at radius 1 is 1.36 bits per heavy atom. The molecule has 2 heterocycles. The van der Waals surface area contributed by atoms with E-state index in [2.05, 4.69) is 26.8 Å². The molecule has 1 fully saturated rings. The summed E-state index contributed by atoms with van der Waals surface area (Å²) in [6.45, 7) is 4.18. The summed E-state index contributed by atoms with van der Waals surface area (Å²) >= 11 is 0. The molecule has 0 aromatic carbocycles. The molecule has 0 amide bonds. The molecule has 0 spiro atoms. The van der Waals surface area contributed by atoms with E-state index in [1.165, 1.54) is 25.5 Å². The van der Waals surface area contributed by atoms with Crippen molar-refractivity contribution in [3.63, 3.8) is 0 Å². The van der Waals surface area contributed by atoms with Crippen molar-refractivity contribution in [1.82, 2.24) is 19.8 Å². The Kier molecular flexibility index (Phi) is 5.39. The number of likely N-dealkylation sites (tertiary alicyclic amines) is 1. The second kappa shape index (κ2) is 6.91. The zero-order chi connectivity index (χ0) is 16.3. The standard InChI is InChI=1S/C15H23F3N4/c1-11-12(8-19-14(20-11)15(16,17)18)9-21(2)10-13-6-4-5-7-22(13)3/h8,13H,4-7,9-10H2,1-3H3/t13-/m0/s1. The maximum Gasteiger partial charge on any atom is 0.451 e. The smallest absolute Gasteiger partial charge is 0.302 e. The topological polar surface area (TPSA) is 32.3 Å². The first-order valence-electron chi connectivity index (χ1n) is 7.56. The molecule has 0 radical (unpaired) electrons. The van der Waals surface area contributed by atoms with E-state index >= 15 is 0 Å². The van der Waals surface area contributed by atoms with E-state index in [0.29, 0.717) is 18.3 Å². The molecule has 1 aromatic heterocycles. The first-order chi connectivity index (χ1) is 10.3. The molecule has 1 atom stereocenters. The highest BCUT2D eigenvalue weighted by Gasteiger charge is 2.34. The maximum atomic E-state index is 12.6. The molecule has 124 valence electrons. The summed E-state index contributed by atoms with van der Waals surface area (Å²) in [4.78, 5) is 11.5. The van der Waals surface area contributed by atoms with Gasteiger partial charge in [-0.2, -0.15) is 13.2 Å². The number of piperidine rings is 1. The lowest BCUT2D eigenvalue weighted by Gasteiger charge is -2.35. The molecular formula is C15H23F3N4. The molecule has 1 aromatic rings. The number of aryl methyl sites for hydroxylation is 1. The molecule has 0 N–H and O–H groups in total. The van der Waals surface area contributed by atoms with Gasteiger partial charge in [0.05, 0.1) is 0 Å². The minimum absolute atomic E-state index is 0.395. The number of hydrogen-bond donors (Lipinski definition) is 0. The summed E-state index contributed by atoms with van der Waals surface area (Å²) in [5.41, 5.74) is 1.14. The lowest BCUT2D eigenvalue weighted by atomic mass is 10.0. The number of rotatable bonds is 4. The highest BCUT2D eigenvalue weighted by Crippen LogP contribution is 2.26. The van der Waals surface area contributed by atoms with Gasteiger partial charge in [-0.05, 0) is 40.4 Å². The SMILES string of the molecule is Cc1nc(C(F)(F)F)ncc1CN(C)C[C@@H]1CCCCN1C. The van der Waals surface area contributed by atoms with Crippen molar-refractivity contribution >= 4 is 0 Å². The van der Waals surface area contributed by atoms with E-state index in [1.54, 1.807) is 6.92 Å². The van der Waals surface area contributed by atoms with Crippen LogP contribution in [0.4, 0.5) is 13.2 Å². The van der Waals surface area contributed by atoms with Crippen LogP contribution in [0.1, 0.15) is 36.3 Å². The van der Waals surface area contributed by atoms with Gasteiger partial charge in [-0.3, -0.25) is 0 Å². The van der Waals surface area contributed by atoms with E-state index in [9.17, 15) is 13.2 Å². The Balaban J connectivity index is 1.98. The third-order valence-corrected chi connectivity index (χ3v) is 4.22. The lowest BCUT2D eigenvalue weighted by molar-refractivity contribution is -0.145.